The molecule has 0 radical (unpaired) electrons. The van der Waals surface area contributed by atoms with Crippen molar-refractivity contribution in [2.45, 2.75) is 51.0 Å². The van der Waals surface area contributed by atoms with Crippen LogP contribution in [-0.4, -0.2) is 20.3 Å². The van der Waals surface area contributed by atoms with Crippen molar-refractivity contribution < 1.29 is 13.6 Å². The monoisotopic (exact) mass is 386 g/mol. The zero-order chi connectivity index (χ0) is 20.0. The number of halogens is 1. The number of rotatable bonds is 4. The Morgan fingerprint density at radius 1 is 1.04 bits per heavy atom. The lowest BCUT2D eigenvalue weighted by Crippen LogP contribution is -2.63. The maximum absolute atomic E-state index is 13.2. The number of hydrogen-bond acceptors (Lipinski definition) is 3. The van der Waals surface area contributed by atoms with Crippen molar-refractivity contribution in [1.29, 1.82) is 0 Å². The van der Waals surface area contributed by atoms with E-state index in [9.17, 15) is 9.18 Å². The lowest BCUT2D eigenvalue weighted by Gasteiger charge is -2.45. The Labute approximate surface area is 161 Å². The third kappa shape index (κ3) is 3.64. The topological polar surface area (TPSA) is 55.6 Å². The average Bonchev–Trinajstić information content (AvgIpc) is 2.60. The molecule has 27 heavy (non-hydrogen) atoms. The molecule has 1 saturated heterocycles. The summed E-state index contributed by atoms with van der Waals surface area (Å²) in [6.07, 6.45) is 0. The molecule has 144 valence electrons. The highest BCUT2D eigenvalue weighted by molar-refractivity contribution is 6.74. The first-order chi connectivity index (χ1) is 12.5. The van der Waals surface area contributed by atoms with Crippen LogP contribution >= 0.6 is 0 Å². The molecule has 2 aromatic carbocycles. The standard InChI is InChI=1S/C21H27FN2O2Si/c1-21(2,3)27(4,5)26-17-12-6-14(7-13-17)19-18(23)20(25)24(19)16-10-8-15(22)9-11-16/h6-13,18-19H,23H2,1-5H3/t18-,19-/m1/s1. The smallest absolute Gasteiger partial charge is 0.250 e. The summed E-state index contributed by atoms with van der Waals surface area (Å²) in [5.74, 6) is 0.339. The van der Waals surface area contributed by atoms with Crippen molar-refractivity contribution >= 4 is 19.9 Å². The highest BCUT2D eigenvalue weighted by atomic mass is 28.4. The summed E-state index contributed by atoms with van der Waals surface area (Å²) < 4.78 is 19.5. The lowest BCUT2D eigenvalue weighted by molar-refractivity contribution is -0.126. The van der Waals surface area contributed by atoms with Crippen LogP contribution in [0.3, 0.4) is 0 Å². The summed E-state index contributed by atoms with van der Waals surface area (Å²) in [6, 6.07) is 12.8. The molecule has 2 N–H and O–H groups in total. The molecule has 6 heteroatoms. The molecular formula is C21H27FN2O2Si. The molecule has 1 fully saturated rings. The average molecular weight is 387 g/mol. The molecule has 0 saturated carbocycles. The van der Waals surface area contributed by atoms with Crippen LogP contribution in [0.2, 0.25) is 18.1 Å². The molecule has 0 aliphatic carbocycles. The van der Waals surface area contributed by atoms with E-state index in [1.807, 2.05) is 24.3 Å². The number of anilines is 1. The molecule has 1 amide bonds. The first kappa shape index (κ1) is 19.6. The summed E-state index contributed by atoms with van der Waals surface area (Å²) in [5, 5.41) is 0.119. The van der Waals surface area contributed by atoms with Gasteiger partial charge >= 0.3 is 0 Å². The van der Waals surface area contributed by atoms with E-state index in [0.29, 0.717) is 5.69 Å². The van der Waals surface area contributed by atoms with E-state index in [-0.39, 0.29) is 22.8 Å². The number of carbonyl (C=O) groups excluding carboxylic acids is 1. The molecule has 0 spiro atoms. The summed E-state index contributed by atoms with van der Waals surface area (Å²) in [7, 11) is -1.91. The Kier molecular flexibility index (Phi) is 4.90. The van der Waals surface area contributed by atoms with Gasteiger partial charge in [0.05, 0.1) is 6.04 Å². The van der Waals surface area contributed by atoms with Gasteiger partial charge in [0.2, 0.25) is 14.2 Å². The highest BCUT2D eigenvalue weighted by Crippen LogP contribution is 2.40. The van der Waals surface area contributed by atoms with Gasteiger partial charge in [0.15, 0.2) is 0 Å². The van der Waals surface area contributed by atoms with Crippen molar-refractivity contribution in [2.75, 3.05) is 4.90 Å². The van der Waals surface area contributed by atoms with Gasteiger partial charge in [-0.15, -0.1) is 0 Å². The second-order valence-corrected chi connectivity index (χ2v) is 13.3. The molecule has 0 bridgehead atoms. The van der Waals surface area contributed by atoms with Crippen LogP contribution in [0.1, 0.15) is 32.4 Å². The van der Waals surface area contributed by atoms with Gasteiger partial charge < -0.3 is 15.1 Å². The summed E-state index contributed by atoms with van der Waals surface area (Å²) in [6.45, 7) is 11.0. The van der Waals surface area contributed by atoms with Crippen LogP contribution in [0.15, 0.2) is 48.5 Å². The molecule has 1 aliphatic rings. The maximum atomic E-state index is 13.2. The number of nitrogens with zero attached hydrogens (tertiary/aromatic N) is 1. The Bertz CT molecular complexity index is 829. The fraction of sp³-hybridized carbons (Fsp3) is 0.381. The van der Waals surface area contributed by atoms with Crippen LogP contribution in [0.25, 0.3) is 0 Å². The molecule has 3 rings (SSSR count). The van der Waals surface area contributed by atoms with Crippen molar-refractivity contribution in [1.82, 2.24) is 0 Å². The number of amides is 1. The van der Waals surface area contributed by atoms with Crippen LogP contribution < -0.4 is 15.1 Å². The molecular weight excluding hydrogens is 359 g/mol. The number of nitrogens with two attached hydrogens (primary N) is 1. The van der Waals surface area contributed by atoms with Crippen molar-refractivity contribution in [3.8, 4) is 5.75 Å². The Morgan fingerprint density at radius 3 is 2.11 bits per heavy atom. The highest BCUT2D eigenvalue weighted by Gasteiger charge is 2.46. The molecule has 1 aliphatic heterocycles. The largest absolute Gasteiger partial charge is 0.544 e. The quantitative estimate of drug-likeness (QED) is 0.616. The van der Waals surface area contributed by atoms with Crippen LogP contribution in [-0.2, 0) is 4.79 Å². The third-order valence-electron chi connectivity index (χ3n) is 5.65. The van der Waals surface area contributed by atoms with Crippen molar-refractivity contribution in [3.05, 3.63) is 59.9 Å². The van der Waals surface area contributed by atoms with E-state index < -0.39 is 14.4 Å². The van der Waals surface area contributed by atoms with Gasteiger partial charge in [-0.25, -0.2) is 4.39 Å². The molecule has 4 nitrogen and oxygen atoms in total. The fourth-order valence-electron chi connectivity index (χ4n) is 2.94. The van der Waals surface area contributed by atoms with Crippen LogP contribution in [0, 0.1) is 5.82 Å². The third-order valence-corrected chi connectivity index (χ3v) is 10.0. The summed E-state index contributed by atoms with van der Waals surface area (Å²) in [5.41, 5.74) is 7.65. The first-order valence-corrected chi connectivity index (χ1v) is 12.1. The minimum absolute atomic E-state index is 0.119. The van der Waals surface area contributed by atoms with E-state index in [2.05, 4.69) is 33.9 Å². The SMILES string of the molecule is CC(C)(C)[Si](C)(C)Oc1ccc([C@@H]2[C@@H](N)C(=O)N2c2ccc(F)cc2)cc1. The van der Waals surface area contributed by atoms with E-state index in [0.717, 1.165) is 11.3 Å². The van der Waals surface area contributed by atoms with E-state index in [4.69, 9.17) is 10.2 Å². The second-order valence-electron chi connectivity index (χ2n) is 8.59. The van der Waals surface area contributed by atoms with Gasteiger partial charge in [-0.3, -0.25) is 4.79 Å². The zero-order valence-corrected chi connectivity index (χ0v) is 17.5. The molecule has 0 aromatic heterocycles. The summed E-state index contributed by atoms with van der Waals surface area (Å²) >= 11 is 0. The normalized spacial score (nSPS) is 20.4. The molecule has 0 unspecified atom stereocenters. The minimum atomic E-state index is -1.91. The van der Waals surface area contributed by atoms with Gasteiger partial charge in [-0.1, -0.05) is 32.9 Å². The molecule has 1 heterocycles. The molecule has 2 atom stereocenters. The van der Waals surface area contributed by atoms with Crippen molar-refractivity contribution in [3.63, 3.8) is 0 Å². The Balaban J connectivity index is 1.81. The van der Waals surface area contributed by atoms with Gasteiger partial charge in [-0.05, 0) is 60.1 Å². The number of carbonyl (C=O) groups is 1. The van der Waals surface area contributed by atoms with E-state index in [1.165, 1.54) is 12.1 Å². The number of β-lactam (4-membered cyclic amide) rings is 1. The van der Waals surface area contributed by atoms with Crippen LogP contribution in [0.5, 0.6) is 5.75 Å². The van der Waals surface area contributed by atoms with Gasteiger partial charge in [0, 0.05) is 5.69 Å². The lowest BCUT2D eigenvalue weighted by atomic mass is 9.88. The predicted octanol–water partition coefficient (Wildman–Crippen LogP) is 4.62. The molecule has 2 aromatic rings. The van der Waals surface area contributed by atoms with E-state index >= 15 is 0 Å². The van der Waals surface area contributed by atoms with Gasteiger partial charge in [0.1, 0.15) is 17.6 Å². The minimum Gasteiger partial charge on any atom is -0.544 e. The van der Waals surface area contributed by atoms with Gasteiger partial charge in [0.25, 0.3) is 0 Å². The second kappa shape index (κ2) is 6.76. The zero-order valence-electron chi connectivity index (χ0n) is 16.5. The Hall–Kier alpha value is -2.18. The van der Waals surface area contributed by atoms with Crippen LogP contribution in [0.4, 0.5) is 10.1 Å². The number of hydrogen-bond donors (Lipinski definition) is 1. The van der Waals surface area contributed by atoms with Gasteiger partial charge in [-0.2, -0.15) is 0 Å². The predicted molar refractivity (Wildman–Crippen MR) is 109 cm³/mol. The maximum Gasteiger partial charge on any atom is 0.250 e. The Morgan fingerprint density at radius 2 is 1.59 bits per heavy atom. The fourth-order valence-corrected chi connectivity index (χ4v) is 3.97. The number of benzene rings is 2. The van der Waals surface area contributed by atoms with E-state index in [1.54, 1.807) is 17.0 Å². The first-order valence-electron chi connectivity index (χ1n) is 9.14. The van der Waals surface area contributed by atoms with Crippen molar-refractivity contribution in [2.24, 2.45) is 5.73 Å². The summed E-state index contributed by atoms with van der Waals surface area (Å²) in [4.78, 5) is 13.9.